The summed E-state index contributed by atoms with van der Waals surface area (Å²) in [5, 5.41) is 6.83. The van der Waals surface area contributed by atoms with Crippen molar-refractivity contribution in [2.75, 3.05) is 0 Å². The normalized spacial score (nSPS) is 10.6. The maximum atomic E-state index is 11.7. The number of carbonyl (C=O) groups excluding carboxylic acids is 1. The number of nitrogens with two attached hydrogens (primary N) is 1. The summed E-state index contributed by atoms with van der Waals surface area (Å²) in [6, 6.07) is 1.44. The Hall–Kier alpha value is -2.22. The predicted octanol–water partition coefficient (Wildman–Crippen LogP) is -2.39. The summed E-state index contributed by atoms with van der Waals surface area (Å²) < 4.78 is 2.74. The lowest BCUT2D eigenvalue weighted by Crippen LogP contribution is -2.36. The van der Waals surface area contributed by atoms with Gasteiger partial charge in [0, 0.05) is 16.9 Å². The third kappa shape index (κ3) is 1.65. The number of carbonyl (C=O) groups is 1. The van der Waals surface area contributed by atoms with E-state index in [9.17, 15) is 9.59 Å². The highest BCUT2D eigenvalue weighted by atomic mass is 16.2. The Labute approximate surface area is 89.6 Å². The number of hydrazine groups is 1. The van der Waals surface area contributed by atoms with E-state index >= 15 is 0 Å². The predicted molar refractivity (Wildman–Crippen MR) is 53.1 cm³/mol. The van der Waals surface area contributed by atoms with Gasteiger partial charge in [-0.2, -0.15) is 0 Å². The molecule has 8 nitrogen and oxygen atoms in total. The number of hydrogen-bond donors (Lipinski definition) is 3. The van der Waals surface area contributed by atoms with Crippen molar-refractivity contribution in [3.63, 3.8) is 0 Å². The second kappa shape index (κ2) is 3.74. The first-order valence-electron chi connectivity index (χ1n) is 4.58. The van der Waals surface area contributed by atoms with Crippen LogP contribution in [0.5, 0.6) is 0 Å². The molecule has 0 aliphatic carbocycles. The van der Waals surface area contributed by atoms with E-state index in [1.165, 1.54) is 21.6 Å². The van der Waals surface area contributed by atoms with Crippen LogP contribution in [-0.4, -0.2) is 20.8 Å². The molecule has 2 aromatic heterocycles. The van der Waals surface area contributed by atoms with Crippen molar-refractivity contribution >= 4 is 11.6 Å². The van der Waals surface area contributed by atoms with Gasteiger partial charge in [-0.3, -0.25) is 15.0 Å². The molecule has 2 rings (SSSR count). The number of fused-ring (bicyclic) bond motifs is 1. The van der Waals surface area contributed by atoms with Crippen LogP contribution in [0.2, 0.25) is 0 Å². The van der Waals surface area contributed by atoms with E-state index in [1.807, 2.05) is 5.43 Å². The first kappa shape index (κ1) is 10.3. The third-order valence-corrected chi connectivity index (χ3v) is 2.10. The van der Waals surface area contributed by atoms with Crippen LogP contribution in [0.25, 0.3) is 5.65 Å². The Morgan fingerprint density at radius 2 is 2.50 bits per heavy atom. The molecule has 0 spiro atoms. The largest absolute Gasteiger partial charge is 0.331 e. The third-order valence-electron chi connectivity index (χ3n) is 2.10. The van der Waals surface area contributed by atoms with Gasteiger partial charge in [0.2, 0.25) is 0 Å². The molecule has 1 amide bonds. The molecule has 0 aromatic carbocycles. The average molecular weight is 223 g/mol. The second-order valence-corrected chi connectivity index (χ2v) is 3.35. The van der Waals surface area contributed by atoms with E-state index in [-0.39, 0.29) is 17.6 Å². The number of hydrogen-bond acceptors (Lipinski definition) is 4. The maximum absolute atomic E-state index is 11.7. The van der Waals surface area contributed by atoms with Gasteiger partial charge in [0.05, 0.1) is 0 Å². The lowest BCUT2D eigenvalue weighted by molar-refractivity contribution is -0.582. The van der Waals surface area contributed by atoms with Crippen molar-refractivity contribution in [3.05, 3.63) is 28.3 Å². The van der Waals surface area contributed by atoms with Crippen LogP contribution in [-0.2, 0) is 11.3 Å². The summed E-state index contributed by atoms with van der Waals surface area (Å²) in [6.45, 7) is 1.66. The molecule has 0 bridgehead atoms. The standard InChI is InChI=1S/C8H10N6O2/c1-5-2-6(15)8-13(3-7(16)11-9)10-4-14(8)12-5/h2,4,9,12,15H,3H2,1H3/p+1. The Morgan fingerprint density at radius 1 is 1.75 bits per heavy atom. The number of nitrogens with zero attached hydrogens (tertiary/aromatic N) is 3. The van der Waals surface area contributed by atoms with Crippen LogP contribution >= 0.6 is 0 Å². The van der Waals surface area contributed by atoms with Crippen molar-refractivity contribution in [1.82, 2.24) is 20.3 Å². The van der Waals surface area contributed by atoms with Crippen LogP contribution < -0.4 is 21.2 Å². The molecule has 8 heteroatoms. The molecule has 0 aliphatic heterocycles. The number of aromatic nitrogens is 4. The molecule has 4 N–H and O–H groups in total. The monoisotopic (exact) mass is 223 g/mol. The molecular formula is C8H11N6O2+. The Kier molecular flexibility index (Phi) is 2.41. The number of aromatic amines is 1. The summed E-state index contributed by atoms with van der Waals surface area (Å²) in [5.74, 6) is 4.54. The highest BCUT2D eigenvalue weighted by Gasteiger charge is 2.18. The number of rotatable bonds is 2. The van der Waals surface area contributed by atoms with Crippen LogP contribution in [0.1, 0.15) is 5.69 Å². The molecule has 2 heterocycles. The van der Waals surface area contributed by atoms with Gasteiger partial charge in [0.1, 0.15) is 0 Å². The molecule has 0 saturated heterocycles. The minimum atomic E-state index is -0.425. The van der Waals surface area contributed by atoms with Crippen LogP contribution in [0.3, 0.4) is 0 Å². The van der Waals surface area contributed by atoms with Crippen molar-refractivity contribution in [2.24, 2.45) is 5.84 Å². The molecule has 0 saturated carbocycles. The van der Waals surface area contributed by atoms with Gasteiger partial charge in [0.15, 0.2) is 6.54 Å². The zero-order chi connectivity index (χ0) is 11.7. The van der Waals surface area contributed by atoms with Gasteiger partial charge in [-0.1, -0.05) is 4.68 Å². The van der Waals surface area contributed by atoms with Gasteiger partial charge >= 0.3 is 5.65 Å². The van der Waals surface area contributed by atoms with Crippen LogP contribution in [0.15, 0.2) is 17.2 Å². The smallest absolute Gasteiger partial charge is 0.291 e. The maximum Gasteiger partial charge on any atom is 0.331 e. The molecule has 84 valence electrons. The van der Waals surface area contributed by atoms with Crippen molar-refractivity contribution in [1.29, 1.82) is 0 Å². The lowest BCUT2D eigenvalue weighted by Gasteiger charge is -1.95. The van der Waals surface area contributed by atoms with Crippen LogP contribution in [0.4, 0.5) is 0 Å². The fraction of sp³-hybridized carbons (Fsp3) is 0.250. The highest BCUT2D eigenvalue weighted by molar-refractivity contribution is 5.75. The molecule has 0 fully saturated rings. The summed E-state index contributed by atoms with van der Waals surface area (Å²) in [4.78, 5) is 22.8. The van der Waals surface area contributed by atoms with Gasteiger partial charge in [-0.25, -0.2) is 10.9 Å². The quantitative estimate of drug-likeness (QED) is 0.228. The van der Waals surface area contributed by atoms with E-state index in [0.29, 0.717) is 5.69 Å². The van der Waals surface area contributed by atoms with E-state index in [4.69, 9.17) is 5.84 Å². The van der Waals surface area contributed by atoms with E-state index in [1.54, 1.807) is 6.92 Å². The minimum absolute atomic E-state index is 0.0981. The number of H-pyrrole nitrogens is 1. The van der Waals surface area contributed by atoms with E-state index in [0.717, 1.165) is 0 Å². The van der Waals surface area contributed by atoms with Crippen LogP contribution in [0, 0.1) is 6.92 Å². The summed E-state index contributed by atoms with van der Waals surface area (Å²) in [7, 11) is 0. The first-order valence-corrected chi connectivity index (χ1v) is 4.58. The van der Waals surface area contributed by atoms with Gasteiger partial charge in [-0.05, 0) is 6.92 Å². The van der Waals surface area contributed by atoms with Gasteiger partial charge in [0.25, 0.3) is 17.7 Å². The van der Waals surface area contributed by atoms with E-state index < -0.39 is 5.91 Å². The highest BCUT2D eigenvalue weighted by Crippen LogP contribution is 1.89. The number of nitrogens with one attached hydrogen (secondary N) is 2. The summed E-state index contributed by atoms with van der Waals surface area (Å²) >= 11 is 0. The zero-order valence-corrected chi connectivity index (χ0v) is 8.60. The molecule has 0 radical (unpaired) electrons. The second-order valence-electron chi connectivity index (χ2n) is 3.35. The molecule has 0 aliphatic rings. The molecule has 16 heavy (non-hydrogen) atoms. The van der Waals surface area contributed by atoms with Crippen molar-refractivity contribution in [2.45, 2.75) is 13.5 Å². The Bertz CT molecular complexity index is 598. The number of amides is 1. The number of aryl methyl sites for hydroxylation is 1. The Morgan fingerprint density at radius 3 is 3.19 bits per heavy atom. The van der Waals surface area contributed by atoms with Crippen molar-refractivity contribution in [3.8, 4) is 0 Å². The van der Waals surface area contributed by atoms with Gasteiger partial charge in [-0.15, -0.1) is 4.52 Å². The fourth-order valence-electron chi connectivity index (χ4n) is 1.46. The molecule has 0 unspecified atom stereocenters. The zero-order valence-electron chi connectivity index (χ0n) is 8.60. The van der Waals surface area contributed by atoms with E-state index in [2.05, 4.69) is 10.2 Å². The average Bonchev–Trinajstić information content (AvgIpc) is 2.61. The summed E-state index contributed by atoms with van der Waals surface area (Å²) in [6.07, 6.45) is 1.42. The molecule has 0 atom stereocenters. The summed E-state index contributed by atoms with van der Waals surface area (Å²) in [5.41, 5.74) is 2.77. The van der Waals surface area contributed by atoms with Crippen molar-refractivity contribution < 1.29 is 9.31 Å². The Balaban J connectivity index is 2.56. The fourth-order valence-corrected chi connectivity index (χ4v) is 1.46. The van der Waals surface area contributed by atoms with Gasteiger partial charge < -0.3 is 0 Å². The minimum Gasteiger partial charge on any atom is -0.291 e. The molecule has 2 aromatic rings. The molecular weight excluding hydrogens is 212 g/mol. The lowest BCUT2D eigenvalue weighted by atomic mass is 10.4. The topological polar surface area (TPSA) is 110 Å². The SMILES string of the molecule is Cc1cc(=O)c2n(CC(=O)NN)nc[n+]2[nH]1. The first-order chi connectivity index (χ1) is 7.61.